The lowest BCUT2D eigenvalue weighted by Gasteiger charge is -2.36. The molecule has 0 amide bonds. The summed E-state index contributed by atoms with van der Waals surface area (Å²) in [7, 11) is -1.95. The molecule has 1 aliphatic rings. The van der Waals surface area contributed by atoms with Gasteiger partial charge in [0.1, 0.15) is 22.9 Å². The van der Waals surface area contributed by atoms with Gasteiger partial charge in [0.15, 0.2) is 0 Å². The molecule has 3 rings (SSSR count). The predicted octanol–water partition coefficient (Wildman–Crippen LogP) is 3.17. The number of aliphatic hydroxyl groups is 1. The zero-order valence-corrected chi connectivity index (χ0v) is 21.3. The molecule has 0 spiro atoms. The van der Waals surface area contributed by atoms with Crippen LogP contribution in [-0.2, 0) is 23.0 Å². The number of halogens is 2. The summed E-state index contributed by atoms with van der Waals surface area (Å²) in [6, 6.07) is 10.1. The summed E-state index contributed by atoms with van der Waals surface area (Å²) >= 11 is 1.25. The molecule has 2 aromatic carbocycles. The van der Waals surface area contributed by atoms with Crippen LogP contribution in [-0.4, -0.2) is 55.5 Å². The van der Waals surface area contributed by atoms with E-state index in [0.717, 1.165) is 17.4 Å². The molecule has 1 unspecified atom stereocenters. The molecule has 192 valence electrons. The minimum absolute atomic E-state index is 0.0255. The minimum atomic E-state index is -3.53. The Morgan fingerprint density at radius 1 is 1.17 bits per heavy atom. The highest BCUT2D eigenvalue weighted by atomic mass is 32.2. The molecular weight excluding hydrogens is 496 g/mol. The van der Waals surface area contributed by atoms with E-state index in [4.69, 9.17) is 4.74 Å². The van der Waals surface area contributed by atoms with E-state index in [1.807, 2.05) is 24.3 Å². The molecule has 0 aliphatic carbocycles. The molecule has 2 aromatic rings. The number of aliphatic hydroxyl groups excluding tert-OH is 1. The number of hydrogen-bond acceptors (Lipinski definition) is 7. The number of sulfonamides is 1. The van der Waals surface area contributed by atoms with Crippen molar-refractivity contribution in [3.63, 3.8) is 0 Å². The molecule has 7 nitrogen and oxygen atoms in total. The van der Waals surface area contributed by atoms with Crippen LogP contribution >= 0.6 is 11.8 Å². The van der Waals surface area contributed by atoms with Gasteiger partial charge in [-0.1, -0.05) is 30.8 Å². The van der Waals surface area contributed by atoms with Crippen molar-refractivity contribution in [1.82, 2.24) is 14.9 Å². The van der Waals surface area contributed by atoms with E-state index in [-0.39, 0.29) is 18.7 Å². The van der Waals surface area contributed by atoms with Crippen LogP contribution in [0.3, 0.4) is 0 Å². The first-order chi connectivity index (χ1) is 16.7. The number of thioether (sulfide) groups is 1. The van der Waals surface area contributed by atoms with Crippen LogP contribution in [0.5, 0.6) is 5.75 Å². The first-order valence-electron chi connectivity index (χ1n) is 11.3. The third-order valence-corrected chi connectivity index (χ3v) is 8.05. The monoisotopic (exact) mass is 527 g/mol. The Bertz CT molecular complexity index is 1100. The third kappa shape index (κ3) is 8.18. The Hall–Kier alpha value is -2.18. The maximum atomic E-state index is 13.8. The van der Waals surface area contributed by atoms with Crippen molar-refractivity contribution in [3.05, 3.63) is 76.8 Å². The van der Waals surface area contributed by atoms with Crippen LogP contribution < -0.4 is 14.8 Å². The molecule has 1 aliphatic heterocycles. The van der Waals surface area contributed by atoms with Gasteiger partial charge in [0.05, 0.1) is 25.0 Å². The maximum Gasteiger partial charge on any atom is 0.214 e. The molecule has 0 aromatic heterocycles. The van der Waals surface area contributed by atoms with Crippen molar-refractivity contribution in [2.24, 2.45) is 0 Å². The van der Waals surface area contributed by atoms with Gasteiger partial charge in [0, 0.05) is 25.4 Å². The van der Waals surface area contributed by atoms with Gasteiger partial charge in [0.25, 0.3) is 0 Å². The molecule has 3 N–H and O–H groups in total. The first-order valence-corrected chi connectivity index (χ1v) is 13.9. The van der Waals surface area contributed by atoms with Crippen molar-refractivity contribution < 1.29 is 27.0 Å². The highest BCUT2D eigenvalue weighted by Crippen LogP contribution is 2.29. The Balaban J connectivity index is 1.76. The fourth-order valence-corrected chi connectivity index (χ4v) is 6.35. The average Bonchev–Trinajstić information content (AvgIpc) is 3.23. The number of nitrogens with one attached hydrogen (secondary N) is 2. The van der Waals surface area contributed by atoms with E-state index in [0.29, 0.717) is 18.5 Å². The molecule has 3 atom stereocenters. The topological polar surface area (TPSA) is 90.9 Å². The van der Waals surface area contributed by atoms with Crippen LogP contribution in [0.1, 0.15) is 24.5 Å². The SMILES string of the molecule is CCCS(=O)(=O)NC1SC=CN1[C@@H](Cc1cc(F)cc(F)c1)[C@H](O)CNCc1cccc(OC)c1. The quantitative estimate of drug-likeness (QED) is 0.369. The van der Waals surface area contributed by atoms with E-state index in [1.54, 1.807) is 30.5 Å². The van der Waals surface area contributed by atoms with Crippen molar-refractivity contribution in [2.45, 2.75) is 44.0 Å². The highest BCUT2D eigenvalue weighted by Gasteiger charge is 2.34. The molecule has 0 saturated heterocycles. The van der Waals surface area contributed by atoms with Gasteiger partial charge in [0.2, 0.25) is 10.0 Å². The van der Waals surface area contributed by atoms with Crippen molar-refractivity contribution in [3.8, 4) is 5.75 Å². The van der Waals surface area contributed by atoms with Gasteiger partial charge in [-0.3, -0.25) is 0 Å². The Morgan fingerprint density at radius 3 is 2.60 bits per heavy atom. The van der Waals surface area contributed by atoms with Gasteiger partial charge in [-0.25, -0.2) is 17.2 Å². The second-order valence-electron chi connectivity index (χ2n) is 8.26. The summed E-state index contributed by atoms with van der Waals surface area (Å²) in [5.74, 6) is -0.730. The molecule has 0 saturated carbocycles. The minimum Gasteiger partial charge on any atom is -0.497 e. The number of hydrogen-bond donors (Lipinski definition) is 3. The van der Waals surface area contributed by atoms with Gasteiger partial charge in [-0.2, -0.15) is 4.72 Å². The molecule has 0 radical (unpaired) electrons. The Morgan fingerprint density at radius 2 is 1.91 bits per heavy atom. The second kappa shape index (κ2) is 12.7. The van der Waals surface area contributed by atoms with E-state index in [1.165, 1.54) is 23.9 Å². The van der Waals surface area contributed by atoms with Crippen LogP contribution in [0.15, 0.2) is 54.1 Å². The summed E-state index contributed by atoms with van der Waals surface area (Å²) < 4.78 is 60.4. The summed E-state index contributed by atoms with van der Waals surface area (Å²) in [6.07, 6.45) is 1.28. The van der Waals surface area contributed by atoms with Crippen LogP contribution in [0, 0.1) is 11.6 Å². The number of nitrogens with zero attached hydrogens (tertiary/aromatic N) is 1. The molecule has 0 bridgehead atoms. The average molecular weight is 528 g/mol. The van der Waals surface area contributed by atoms with Gasteiger partial charge < -0.3 is 20.1 Å². The summed E-state index contributed by atoms with van der Waals surface area (Å²) in [4.78, 5) is 1.69. The molecule has 35 heavy (non-hydrogen) atoms. The van der Waals surface area contributed by atoms with E-state index < -0.39 is 39.3 Å². The summed E-state index contributed by atoms with van der Waals surface area (Å²) in [6.45, 7) is 2.41. The van der Waals surface area contributed by atoms with E-state index >= 15 is 0 Å². The molecule has 1 heterocycles. The normalized spacial score (nSPS) is 17.5. The van der Waals surface area contributed by atoms with Crippen molar-refractivity contribution >= 4 is 21.8 Å². The molecule has 0 fully saturated rings. The second-order valence-corrected chi connectivity index (χ2v) is 11.1. The van der Waals surface area contributed by atoms with Crippen LogP contribution in [0.25, 0.3) is 0 Å². The van der Waals surface area contributed by atoms with E-state index in [2.05, 4.69) is 10.0 Å². The lowest BCUT2D eigenvalue weighted by molar-refractivity contribution is 0.0679. The van der Waals surface area contributed by atoms with Crippen molar-refractivity contribution in [1.29, 1.82) is 0 Å². The number of ether oxygens (including phenoxy) is 1. The third-order valence-electron chi connectivity index (χ3n) is 5.48. The van der Waals surface area contributed by atoms with Gasteiger partial charge in [-0.05, 0) is 53.6 Å². The highest BCUT2D eigenvalue weighted by molar-refractivity contribution is 8.03. The Labute approximate surface area is 209 Å². The van der Waals surface area contributed by atoms with E-state index in [9.17, 15) is 22.3 Å². The van der Waals surface area contributed by atoms with Gasteiger partial charge in [-0.15, -0.1) is 0 Å². The standard InChI is InChI=1S/C24H31F2N3O4S2/c1-3-9-35(31,32)28-24-29(7-8-34-24)22(13-18-10-19(25)14-20(26)11-18)23(30)16-27-15-17-5-4-6-21(12-17)33-2/h4-8,10-12,14,22-24,27-28,30H,3,9,13,15-16H2,1-2H3/t22-,23+,24?/m0/s1. The molecular formula is C24H31F2N3O4S2. The van der Waals surface area contributed by atoms with Crippen LogP contribution in [0.2, 0.25) is 0 Å². The Kier molecular flexibility index (Phi) is 9.93. The van der Waals surface area contributed by atoms with Crippen LogP contribution in [0.4, 0.5) is 8.78 Å². The number of rotatable bonds is 13. The number of benzene rings is 2. The van der Waals surface area contributed by atoms with Gasteiger partial charge >= 0.3 is 0 Å². The first kappa shape index (κ1) is 27.4. The lowest BCUT2D eigenvalue weighted by atomic mass is 9.99. The zero-order valence-electron chi connectivity index (χ0n) is 19.7. The predicted molar refractivity (Wildman–Crippen MR) is 134 cm³/mol. The largest absolute Gasteiger partial charge is 0.497 e. The number of methoxy groups -OCH3 is 1. The molecule has 11 heteroatoms. The smallest absolute Gasteiger partial charge is 0.214 e. The van der Waals surface area contributed by atoms with Crippen molar-refractivity contribution in [2.75, 3.05) is 19.4 Å². The summed E-state index contributed by atoms with van der Waals surface area (Å²) in [5, 5.41) is 16.1. The summed E-state index contributed by atoms with van der Waals surface area (Å²) in [5.41, 5.74) is 0.643. The zero-order chi connectivity index (χ0) is 25.4. The lowest BCUT2D eigenvalue weighted by Crippen LogP contribution is -2.53. The fraction of sp³-hybridized carbons (Fsp3) is 0.417. The fourth-order valence-electron chi connectivity index (χ4n) is 3.88. The maximum absolute atomic E-state index is 13.8.